The first kappa shape index (κ1) is 5.47. The van der Waals surface area contributed by atoms with Gasteiger partial charge in [-0.25, -0.2) is 4.79 Å². The van der Waals surface area contributed by atoms with E-state index in [2.05, 4.69) is 6.58 Å². The van der Waals surface area contributed by atoms with Gasteiger partial charge in [-0.2, -0.15) is 0 Å². The standard InChI is InChI=1S/C8H6O2/c1-5-6-3-2-4-7(6)10-8(5)9/h2-4,6H,1H2. The van der Waals surface area contributed by atoms with Crippen molar-refractivity contribution < 1.29 is 9.53 Å². The summed E-state index contributed by atoms with van der Waals surface area (Å²) in [4.78, 5) is 10.8. The number of hydrogen-bond donors (Lipinski definition) is 0. The molecule has 0 aromatic heterocycles. The lowest BCUT2D eigenvalue weighted by atomic mass is 10.0. The van der Waals surface area contributed by atoms with Crippen molar-refractivity contribution in [2.45, 2.75) is 0 Å². The average Bonchev–Trinajstić information content (AvgIpc) is 2.41. The summed E-state index contributed by atoms with van der Waals surface area (Å²) < 4.78 is 4.86. The topological polar surface area (TPSA) is 26.3 Å². The normalized spacial score (nSPS) is 28.4. The van der Waals surface area contributed by atoms with E-state index < -0.39 is 0 Å². The summed E-state index contributed by atoms with van der Waals surface area (Å²) in [6, 6.07) is 0. The second-order valence-corrected chi connectivity index (χ2v) is 2.35. The van der Waals surface area contributed by atoms with Crippen LogP contribution in [0.25, 0.3) is 0 Å². The molecule has 0 aromatic carbocycles. The fraction of sp³-hybridized carbons (Fsp3) is 0.125. The molecule has 1 fully saturated rings. The SMILES string of the molecule is C=C1C(=O)OC2=CC=CC12. The molecule has 1 atom stereocenters. The number of hydrogen-bond acceptors (Lipinski definition) is 2. The van der Waals surface area contributed by atoms with E-state index in [0.29, 0.717) is 5.57 Å². The van der Waals surface area contributed by atoms with Crippen molar-refractivity contribution in [2.75, 3.05) is 0 Å². The molecule has 1 saturated heterocycles. The maximum atomic E-state index is 10.8. The van der Waals surface area contributed by atoms with Gasteiger partial charge in [0.2, 0.25) is 0 Å². The Hall–Kier alpha value is -1.31. The molecular weight excluding hydrogens is 128 g/mol. The lowest BCUT2D eigenvalue weighted by Crippen LogP contribution is -1.95. The second kappa shape index (κ2) is 1.59. The van der Waals surface area contributed by atoms with Gasteiger partial charge >= 0.3 is 5.97 Å². The zero-order chi connectivity index (χ0) is 7.14. The minimum Gasteiger partial charge on any atom is -0.427 e. The Morgan fingerprint density at radius 2 is 2.40 bits per heavy atom. The lowest BCUT2D eigenvalue weighted by molar-refractivity contribution is -0.132. The van der Waals surface area contributed by atoms with Crippen molar-refractivity contribution in [3.8, 4) is 0 Å². The van der Waals surface area contributed by atoms with Gasteiger partial charge in [0.15, 0.2) is 0 Å². The van der Waals surface area contributed by atoms with Gasteiger partial charge in [-0.1, -0.05) is 18.7 Å². The van der Waals surface area contributed by atoms with Crippen molar-refractivity contribution in [3.63, 3.8) is 0 Å². The predicted molar refractivity (Wildman–Crippen MR) is 35.9 cm³/mol. The van der Waals surface area contributed by atoms with Crippen LogP contribution in [0, 0.1) is 5.92 Å². The first-order valence-corrected chi connectivity index (χ1v) is 3.08. The van der Waals surface area contributed by atoms with Gasteiger partial charge in [0.05, 0.1) is 5.92 Å². The number of carbonyl (C=O) groups is 1. The van der Waals surface area contributed by atoms with Gasteiger partial charge in [-0.15, -0.1) is 0 Å². The van der Waals surface area contributed by atoms with Crippen molar-refractivity contribution >= 4 is 5.97 Å². The highest BCUT2D eigenvalue weighted by molar-refractivity contribution is 5.93. The van der Waals surface area contributed by atoms with E-state index in [1.54, 1.807) is 6.08 Å². The Labute approximate surface area is 58.5 Å². The van der Waals surface area contributed by atoms with Gasteiger partial charge in [-0.3, -0.25) is 0 Å². The van der Waals surface area contributed by atoms with Gasteiger partial charge in [0, 0.05) is 5.57 Å². The molecular formula is C8H6O2. The molecule has 2 heteroatoms. The maximum absolute atomic E-state index is 10.8. The van der Waals surface area contributed by atoms with E-state index in [9.17, 15) is 4.79 Å². The quantitative estimate of drug-likeness (QED) is 0.367. The summed E-state index contributed by atoms with van der Waals surface area (Å²) in [7, 11) is 0. The molecule has 1 aliphatic carbocycles. The first-order chi connectivity index (χ1) is 4.79. The Bertz CT molecular complexity index is 269. The second-order valence-electron chi connectivity index (χ2n) is 2.35. The molecule has 0 aromatic rings. The van der Waals surface area contributed by atoms with Crippen LogP contribution in [0.4, 0.5) is 0 Å². The molecule has 1 unspecified atom stereocenters. The van der Waals surface area contributed by atoms with Gasteiger partial charge in [0.25, 0.3) is 0 Å². The molecule has 2 rings (SSSR count). The zero-order valence-corrected chi connectivity index (χ0v) is 5.33. The fourth-order valence-corrected chi connectivity index (χ4v) is 1.14. The van der Waals surface area contributed by atoms with Crippen molar-refractivity contribution in [3.05, 3.63) is 36.1 Å². The third-order valence-electron chi connectivity index (χ3n) is 1.72. The average molecular weight is 134 g/mol. The largest absolute Gasteiger partial charge is 0.427 e. The van der Waals surface area contributed by atoms with E-state index in [1.165, 1.54) is 0 Å². The summed E-state index contributed by atoms with van der Waals surface area (Å²) in [5.74, 6) is 0.461. The van der Waals surface area contributed by atoms with Gasteiger partial charge in [0.1, 0.15) is 5.76 Å². The number of carbonyl (C=O) groups excluding carboxylic acids is 1. The summed E-state index contributed by atoms with van der Waals surface area (Å²) in [5, 5.41) is 0. The van der Waals surface area contributed by atoms with Gasteiger partial charge in [-0.05, 0) is 6.08 Å². The minimum atomic E-state index is -0.291. The highest BCUT2D eigenvalue weighted by atomic mass is 16.5. The molecule has 10 heavy (non-hydrogen) atoms. The number of ether oxygens (including phenoxy) is 1. The zero-order valence-electron chi connectivity index (χ0n) is 5.33. The van der Waals surface area contributed by atoms with Crippen LogP contribution in [0.15, 0.2) is 36.1 Å². The number of rotatable bonds is 0. The van der Waals surface area contributed by atoms with Crippen molar-refractivity contribution in [1.29, 1.82) is 0 Å². The molecule has 0 amide bonds. The monoisotopic (exact) mass is 134 g/mol. The predicted octanol–water partition coefficient (Wildman–Crippen LogP) is 1.17. The van der Waals surface area contributed by atoms with Crippen LogP contribution in [-0.2, 0) is 9.53 Å². The molecule has 2 nitrogen and oxygen atoms in total. The molecule has 1 aliphatic heterocycles. The van der Waals surface area contributed by atoms with Crippen LogP contribution in [0.5, 0.6) is 0 Å². The molecule has 0 spiro atoms. The smallest absolute Gasteiger partial charge is 0.339 e. The Morgan fingerprint density at radius 1 is 1.60 bits per heavy atom. The highest BCUT2D eigenvalue weighted by Gasteiger charge is 2.33. The molecule has 0 saturated carbocycles. The lowest BCUT2D eigenvalue weighted by Gasteiger charge is -1.94. The van der Waals surface area contributed by atoms with Crippen LogP contribution < -0.4 is 0 Å². The molecule has 0 bridgehead atoms. The van der Waals surface area contributed by atoms with Gasteiger partial charge < -0.3 is 4.74 Å². The highest BCUT2D eigenvalue weighted by Crippen LogP contribution is 2.33. The molecule has 50 valence electrons. The third kappa shape index (κ3) is 0.506. The van der Waals surface area contributed by atoms with Crippen LogP contribution in [-0.4, -0.2) is 5.97 Å². The van der Waals surface area contributed by atoms with Crippen molar-refractivity contribution in [1.82, 2.24) is 0 Å². The molecule has 2 aliphatic rings. The summed E-state index contributed by atoms with van der Waals surface area (Å²) in [6.45, 7) is 3.61. The summed E-state index contributed by atoms with van der Waals surface area (Å²) >= 11 is 0. The van der Waals surface area contributed by atoms with E-state index in [0.717, 1.165) is 5.76 Å². The van der Waals surface area contributed by atoms with Crippen LogP contribution in [0.1, 0.15) is 0 Å². The van der Waals surface area contributed by atoms with E-state index in [1.807, 2.05) is 12.2 Å². The summed E-state index contributed by atoms with van der Waals surface area (Å²) in [6.07, 6.45) is 5.57. The van der Waals surface area contributed by atoms with Crippen molar-refractivity contribution in [2.24, 2.45) is 5.92 Å². The van der Waals surface area contributed by atoms with E-state index in [4.69, 9.17) is 4.74 Å². The first-order valence-electron chi connectivity index (χ1n) is 3.08. The van der Waals surface area contributed by atoms with Crippen LogP contribution >= 0.6 is 0 Å². The molecule has 0 N–H and O–H groups in total. The fourth-order valence-electron chi connectivity index (χ4n) is 1.14. The third-order valence-corrected chi connectivity index (χ3v) is 1.72. The molecule has 1 heterocycles. The van der Waals surface area contributed by atoms with E-state index >= 15 is 0 Å². The van der Waals surface area contributed by atoms with Crippen LogP contribution in [0.2, 0.25) is 0 Å². The number of esters is 1. The van der Waals surface area contributed by atoms with Crippen LogP contribution in [0.3, 0.4) is 0 Å². The summed E-state index contributed by atoms with van der Waals surface area (Å²) in [5.41, 5.74) is 0.542. The number of fused-ring (bicyclic) bond motifs is 1. The molecule has 0 radical (unpaired) electrons. The minimum absolute atomic E-state index is 0.0347. The Balaban J connectivity index is 2.43. The maximum Gasteiger partial charge on any atom is 0.339 e. The Kier molecular flexibility index (Phi) is 0.873. The number of allylic oxidation sites excluding steroid dienone is 3. The van der Waals surface area contributed by atoms with E-state index in [-0.39, 0.29) is 11.9 Å². The Morgan fingerprint density at radius 3 is 3.10 bits per heavy atom.